The van der Waals surface area contributed by atoms with Gasteiger partial charge in [0.15, 0.2) is 5.82 Å². The Hall–Kier alpha value is -3.11. The number of hydrogen-bond acceptors (Lipinski definition) is 3. The molecule has 0 saturated carbocycles. The van der Waals surface area contributed by atoms with Crippen molar-refractivity contribution in [2.45, 2.75) is 0 Å². The van der Waals surface area contributed by atoms with E-state index in [0.717, 1.165) is 43.2 Å². The lowest BCUT2D eigenvalue weighted by molar-refractivity contribution is 1.19. The van der Waals surface area contributed by atoms with Gasteiger partial charge in [-0.1, -0.05) is 70.5 Å². The molecule has 0 aliphatic carbocycles. The molecule has 0 N–H and O–H groups in total. The van der Waals surface area contributed by atoms with Gasteiger partial charge in [-0.2, -0.15) is 0 Å². The Bertz CT molecular complexity index is 1280. The summed E-state index contributed by atoms with van der Waals surface area (Å²) in [6.07, 6.45) is 0. The molecule has 0 atom stereocenters. The minimum absolute atomic E-state index is 0.636. The first-order valence-corrected chi connectivity index (χ1v) is 9.46. The van der Waals surface area contributed by atoms with Gasteiger partial charge < -0.3 is 0 Å². The largest absolute Gasteiger partial charge is 0.244 e. The standard InChI is InChI=1S/C23H14BrN3/c24-17-11-13-19-16(14-17)10-12-21(25-19)23-26-20-9-5-4-8-18(20)22(27-23)15-6-2-1-3-7-15/h1-14H. The molecule has 0 unspecified atom stereocenters. The Morgan fingerprint density at radius 1 is 0.630 bits per heavy atom. The molecule has 0 amide bonds. The molecule has 2 heterocycles. The van der Waals surface area contributed by atoms with E-state index in [1.165, 1.54) is 0 Å². The zero-order valence-corrected chi connectivity index (χ0v) is 15.9. The second kappa shape index (κ2) is 6.56. The predicted octanol–water partition coefficient (Wildman–Crippen LogP) is 6.27. The van der Waals surface area contributed by atoms with Gasteiger partial charge in [0.25, 0.3) is 0 Å². The molecule has 0 aliphatic rings. The van der Waals surface area contributed by atoms with Crippen LogP contribution in [0.15, 0.2) is 89.4 Å². The van der Waals surface area contributed by atoms with Gasteiger partial charge in [-0.3, -0.25) is 0 Å². The third kappa shape index (κ3) is 2.98. The number of halogens is 1. The van der Waals surface area contributed by atoms with Gasteiger partial charge in [0.1, 0.15) is 5.69 Å². The molecule has 2 aromatic heterocycles. The van der Waals surface area contributed by atoms with E-state index in [0.29, 0.717) is 5.82 Å². The van der Waals surface area contributed by atoms with Crippen molar-refractivity contribution < 1.29 is 0 Å². The summed E-state index contributed by atoms with van der Waals surface area (Å²) in [5, 5.41) is 2.12. The van der Waals surface area contributed by atoms with Gasteiger partial charge in [-0.05, 0) is 30.3 Å². The average Bonchev–Trinajstić information content (AvgIpc) is 2.73. The summed E-state index contributed by atoms with van der Waals surface area (Å²) in [6.45, 7) is 0. The van der Waals surface area contributed by atoms with Crippen LogP contribution in [0.5, 0.6) is 0 Å². The average molecular weight is 412 g/mol. The maximum absolute atomic E-state index is 4.88. The fraction of sp³-hybridized carbons (Fsp3) is 0. The molecule has 0 bridgehead atoms. The first kappa shape index (κ1) is 16.1. The Kier molecular flexibility index (Phi) is 3.91. The fourth-order valence-electron chi connectivity index (χ4n) is 3.23. The lowest BCUT2D eigenvalue weighted by Crippen LogP contribution is -1.96. The summed E-state index contributed by atoms with van der Waals surface area (Å²) in [5.41, 5.74) is 4.61. The number of pyridine rings is 1. The monoisotopic (exact) mass is 411 g/mol. The SMILES string of the molecule is Brc1ccc2nc(-c3nc(-c4ccccc4)c4ccccc4n3)ccc2c1. The summed E-state index contributed by atoms with van der Waals surface area (Å²) in [6, 6.07) is 28.4. The van der Waals surface area contributed by atoms with Gasteiger partial charge >= 0.3 is 0 Å². The molecule has 0 radical (unpaired) electrons. The van der Waals surface area contributed by atoms with Crippen LogP contribution < -0.4 is 0 Å². The zero-order valence-electron chi connectivity index (χ0n) is 14.3. The third-order valence-electron chi connectivity index (χ3n) is 4.53. The molecule has 27 heavy (non-hydrogen) atoms. The lowest BCUT2D eigenvalue weighted by Gasteiger charge is -2.09. The van der Waals surface area contributed by atoms with Crippen LogP contribution >= 0.6 is 15.9 Å². The van der Waals surface area contributed by atoms with E-state index in [9.17, 15) is 0 Å². The highest BCUT2D eigenvalue weighted by molar-refractivity contribution is 9.10. The Morgan fingerprint density at radius 3 is 2.33 bits per heavy atom. The molecule has 4 heteroatoms. The minimum Gasteiger partial charge on any atom is -0.244 e. The molecule has 0 fully saturated rings. The van der Waals surface area contributed by atoms with Crippen molar-refractivity contribution in [3.8, 4) is 22.8 Å². The van der Waals surface area contributed by atoms with E-state index in [-0.39, 0.29) is 0 Å². The van der Waals surface area contributed by atoms with Crippen molar-refractivity contribution >= 4 is 37.7 Å². The highest BCUT2D eigenvalue weighted by Crippen LogP contribution is 2.29. The highest BCUT2D eigenvalue weighted by atomic mass is 79.9. The van der Waals surface area contributed by atoms with Crippen LogP contribution in [0.4, 0.5) is 0 Å². The van der Waals surface area contributed by atoms with Crippen molar-refractivity contribution in [2.24, 2.45) is 0 Å². The smallest absolute Gasteiger partial charge is 0.179 e. The molecule has 3 nitrogen and oxygen atoms in total. The van der Waals surface area contributed by atoms with Crippen molar-refractivity contribution in [1.29, 1.82) is 0 Å². The third-order valence-corrected chi connectivity index (χ3v) is 5.02. The van der Waals surface area contributed by atoms with Gasteiger partial charge in [0.2, 0.25) is 0 Å². The topological polar surface area (TPSA) is 38.7 Å². The summed E-state index contributed by atoms with van der Waals surface area (Å²) in [5.74, 6) is 0.636. The number of fused-ring (bicyclic) bond motifs is 2. The fourth-order valence-corrected chi connectivity index (χ4v) is 3.61. The molecule has 128 valence electrons. The number of para-hydroxylation sites is 1. The van der Waals surface area contributed by atoms with Crippen molar-refractivity contribution in [2.75, 3.05) is 0 Å². The molecule has 0 saturated heterocycles. The normalized spacial score (nSPS) is 11.1. The van der Waals surface area contributed by atoms with E-state index in [1.54, 1.807) is 0 Å². The second-order valence-corrected chi connectivity index (χ2v) is 7.23. The van der Waals surface area contributed by atoms with Gasteiger partial charge in [0.05, 0.1) is 16.7 Å². The second-order valence-electron chi connectivity index (χ2n) is 6.31. The summed E-state index contributed by atoms with van der Waals surface area (Å²) >= 11 is 3.51. The van der Waals surface area contributed by atoms with Crippen LogP contribution in [-0.4, -0.2) is 15.0 Å². The summed E-state index contributed by atoms with van der Waals surface area (Å²) < 4.78 is 1.04. The number of nitrogens with zero attached hydrogens (tertiary/aromatic N) is 3. The molecule has 0 aliphatic heterocycles. The number of aromatic nitrogens is 3. The number of benzene rings is 3. The van der Waals surface area contributed by atoms with Crippen LogP contribution in [0.1, 0.15) is 0 Å². The van der Waals surface area contributed by atoms with Gasteiger partial charge in [0, 0.05) is 20.8 Å². The Morgan fingerprint density at radius 2 is 1.44 bits per heavy atom. The van der Waals surface area contributed by atoms with Crippen LogP contribution in [0.2, 0.25) is 0 Å². The van der Waals surface area contributed by atoms with E-state index in [4.69, 9.17) is 15.0 Å². The van der Waals surface area contributed by atoms with Crippen molar-refractivity contribution in [3.63, 3.8) is 0 Å². The van der Waals surface area contributed by atoms with Crippen LogP contribution in [-0.2, 0) is 0 Å². The van der Waals surface area contributed by atoms with Crippen LogP contribution in [0.25, 0.3) is 44.6 Å². The molecule has 3 aromatic carbocycles. The molecule has 0 spiro atoms. The zero-order chi connectivity index (χ0) is 18.2. The van der Waals surface area contributed by atoms with Crippen molar-refractivity contribution in [1.82, 2.24) is 15.0 Å². The first-order chi connectivity index (χ1) is 13.3. The molecular weight excluding hydrogens is 398 g/mol. The first-order valence-electron chi connectivity index (χ1n) is 8.67. The molecule has 5 rings (SSSR count). The quantitative estimate of drug-likeness (QED) is 0.343. The maximum Gasteiger partial charge on any atom is 0.179 e. The van der Waals surface area contributed by atoms with E-state index >= 15 is 0 Å². The maximum atomic E-state index is 4.88. The van der Waals surface area contributed by atoms with Gasteiger partial charge in [-0.15, -0.1) is 0 Å². The number of hydrogen-bond donors (Lipinski definition) is 0. The molecular formula is C23H14BrN3. The van der Waals surface area contributed by atoms with Crippen LogP contribution in [0.3, 0.4) is 0 Å². The summed E-state index contributed by atoms with van der Waals surface area (Å²) in [7, 11) is 0. The lowest BCUT2D eigenvalue weighted by atomic mass is 10.1. The number of rotatable bonds is 2. The van der Waals surface area contributed by atoms with Gasteiger partial charge in [-0.25, -0.2) is 15.0 Å². The van der Waals surface area contributed by atoms with Crippen molar-refractivity contribution in [3.05, 3.63) is 89.4 Å². The highest BCUT2D eigenvalue weighted by Gasteiger charge is 2.12. The summed E-state index contributed by atoms with van der Waals surface area (Å²) in [4.78, 5) is 14.4. The van der Waals surface area contributed by atoms with E-state index < -0.39 is 0 Å². The Labute approximate surface area is 164 Å². The minimum atomic E-state index is 0.636. The predicted molar refractivity (Wildman–Crippen MR) is 113 cm³/mol. The van der Waals surface area contributed by atoms with Crippen LogP contribution in [0, 0.1) is 0 Å². The molecule has 5 aromatic rings. The Balaban J connectivity index is 1.75. The van der Waals surface area contributed by atoms with E-state index in [2.05, 4.69) is 46.3 Å². The van der Waals surface area contributed by atoms with E-state index in [1.807, 2.05) is 54.6 Å².